The van der Waals surface area contributed by atoms with Crippen molar-refractivity contribution in [3.05, 3.63) is 0 Å². The Kier molecular flexibility index (Phi) is 4.51. The molecule has 0 aromatic heterocycles. The first-order valence-electron chi connectivity index (χ1n) is 7.66. The molecule has 2 N–H and O–H groups in total. The number of carbonyl (C=O) groups is 1. The Morgan fingerprint density at radius 3 is 2.68 bits per heavy atom. The molecule has 2 rings (SSSR count). The molecule has 3 unspecified atom stereocenters. The number of hydrogen-bond acceptors (Lipinski definition) is 3. The summed E-state index contributed by atoms with van der Waals surface area (Å²) < 4.78 is 0. The van der Waals surface area contributed by atoms with Gasteiger partial charge in [-0.2, -0.15) is 0 Å². The normalized spacial score (nSPS) is 29.7. The van der Waals surface area contributed by atoms with Crippen LogP contribution in [0.15, 0.2) is 0 Å². The van der Waals surface area contributed by atoms with Crippen LogP contribution in [0.4, 0.5) is 0 Å². The van der Waals surface area contributed by atoms with Crippen LogP contribution in [-0.2, 0) is 4.79 Å². The predicted molar refractivity (Wildman–Crippen MR) is 76.2 cm³/mol. The number of nitrogens with zero attached hydrogens (tertiary/aromatic N) is 1. The summed E-state index contributed by atoms with van der Waals surface area (Å²) in [6, 6.07) is 0.753. The number of likely N-dealkylation sites (tertiary alicyclic amines) is 1. The van der Waals surface area contributed by atoms with Crippen molar-refractivity contribution in [3.8, 4) is 0 Å². The van der Waals surface area contributed by atoms with Gasteiger partial charge in [-0.1, -0.05) is 6.92 Å². The van der Waals surface area contributed by atoms with Gasteiger partial charge in [0.2, 0.25) is 0 Å². The maximum absolute atomic E-state index is 11.6. The van der Waals surface area contributed by atoms with E-state index in [2.05, 4.69) is 24.1 Å². The van der Waals surface area contributed by atoms with E-state index in [4.69, 9.17) is 0 Å². The van der Waals surface area contributed by atoms with Crippen molar-refractivity contribution in [2.45, 2.75) is 70.5 Å². The fourth-order valence-corrected chi connectivity index (χ4v) is 3.23. The third-order valence-electron chi connectivity index (χ3n) is 4.59. The summed E-state index contributed by atoms with van der Waals surface area (Å²) >= 11 is 0. The third-order valence-corrected chi connectivity index (χ3v) is 4.59. The minimum absolute atomic E-state index is 0.329. The average molecular weight is 268 g/mol. The van der Waals surface area contributed by atoms with Gasteiger partial charge >= 0.3 is 5.97 Å². The molecule has 0 spiro atoms. The van der Waals surface area contributed by atoms with E-state index in [-0.39, 0.29) is 0 Å². The van der Waals surface area contributed by atoms with Gasteiger partial charge in [0.05, 0.1) is 0 Å². The highest BCUT2D eigenvalue weighted by Gasteiger charge is 2.40. The van der Waals surface area contributed by atoms with Crippen LogP contribution in [0.5, 0.6) is 0 Å². The summed E-state index contributed by atoms with van der Waals surface area (Å²) in [5.74, 6) is 0.0278. The highest BCUT2D eigenvalue weighted by molar-refractivity contribution is 5.78. The number of aliphatic carboxylic acids is 1. The maximum atomic E-state index is 11.6. The van der Waals surface area contributed by atoms with Crippen molar-refractivity contribution >= 4 is 5.97 Å². The van der Waals surface area contributed by atoms with E-state index in [1.54, 1.807) is 0 Å². The number of hydrogen-bond donors (Lipinski definition) is 2. The Morgan fingerprint density at radius 1 is 1.47 bits per heavy atom. The van der Waals surface area contributed by atoms with Crippen LogP contribution >= 0.6 is 0 Å². The molecule has 1 aliphatic heterocycles. The Balaban J connectivity index is 1.93. The highest BCUT2D eigenvalue weighted by Crippen LogP contribution is 2.27. The van der Waals surface area contributed by atoms with Crippen molar-refractivity contribution in [3.63, 3.8) is 0 Å². The molecule has 1 heterocycles. The number of nitrogens with one attached hydrogen (secondary N) is 1. The minimum atomic E-state index is -0.777. The van der Waals surface area contributed by atoms with Gasteiger partial charge < -0.3 is 10.0 Å². The third kappa shape index (κ3) is 3.93. The SMILES string of the molecule is CC1CCCN(C(C)CC(C)(NC2CC2)C(=O)O)C1. The van der Waals surface area contributed by atoms with Crippen molar-refractivity contribution in [2.24, 2.45) is 5.92 Å². The summed E-state index contributed by atoms with van der Waals surface area (Å²) in [6.45, 7) is 8.54. The second-order valence-electron chi connectivity index (χ2n) is 6.85. The van der Waals surface area contributed by atoms with Crippen molar-refractivity contribution in [1.82, 2.24) is 10.2 Å². The molecule has 0 radical (unpaired) electrons. The lowest BCUT2D eigenvalue weighted by Crippen LogP contribution is -2.55. The Hall–Kier alpha value is -0.610. The molecule has 4 heteroatoms. The van der Waals surface area contributed by atoms with Crippen LogP contribution in [0.1, 0.15) is 52.9 Å². The molecule has 1 saturated carbocycles. The highest BCUT2D eigenvalue weighted by atomic mass is 16.4. The molecule has 19 heavy (non-hydrogen) atoms. The van der Waals surface area contributed by atoms with Crippen molar-refractivity contribution in [2.75, 3.05) is 13.1 Å². The van der Waals surface area contributed by atoms with E-state index < -0.39 is 11.5 Å². The zero-order valence-corrected chi connectivity index (χ0v) is 12.5. The molecule has 110 valence electrons. The maximum Gasteiger partial charge on any atom is 0.323 e. The second kappa shape index (κ2) is 5.80. The number of carboxylic acids is 1. The van der Waals surface area contributed by atoms with Gasteiger partial charge in [0.15, 0.2) is 0 Å². The van der Waals surface area contributed by atoms with E-state index >= 15 is 0 Å². The van der Waals surface area contributed by atoms with Gasteiger partial charge in [-0.25, -0.2) is 0 Å². The summed E-state index contributed by atoms with van der Waals surface area (Å²) in [5, 5.41) is 12.8. The zero-order valence-electron chi connectivity index (χ0n) is 12.5. The lowest BCUT2D eigenvalue weighted by Gasteiger charge is -2.39. The fraction of sp³-hybridized carbons (Fsp3) is 0.933. The van der Waals surface area contributed by atoms with Gasteiger partial charge in [0.25, 0.3) is 0 Å². The lowest BCUT2D eigenvalue weighted by molar-refractivity contribution is -0.145. The first-order chi connectivity index (χ1) is 8.90. The van der Waals surface area contributed by atoms with E-state index in [1.807, 2.05) is 6.92 Å². The lowest BCUT2D eigenvalue weighted by atomic mass is 9.90. The van der Waals surface area contributed by atoms with Crippen LogP contribution in [0.3, 0.4) is 0 Å². The van der Waals surface area contributed by atoms with Crippen LogP contribution in [-0.4, -0.2) is 46.7 Å². The van der Waals surface area contributed by atoms with Crippen LogP contribution < -0.4 is 5.32 Å². The molecule has 0 aromatic rings. The summed E-state index contributed by atoms with van der Waals surface area (Å²) in [6.07, 6.45) is 5.48. The molecule has 0 aromatic carbocycles. The van der Waals surface area contributed by atoms with Crippen LogP contribution in [0.2, 0.25) is 0 Å². The molecule has 0 bridgehead atoms. The zero-order chi connectivity index (χ0) is 14.0. The molecular weight excluding hydrogens is 240 g/mol. The summed E-state index contributed by atoms with van der Waals surface area (Å²) in [5.41, 5.74) is -0.777. The first-order valence-corrected chi connectivity index (χ1v) is 7.66. The largest absolute Gasteiger partial charge is 0.480 e. The van der Waals surface area contributed by atoms with Crippen LogP contribution in [0.25, 0.3) is 0 Å². The minimum Gasteiger partial charge on any atom is -0.480 e. The summed E-state index contributed by atoms with van der Waals surface area (Å²) in [4.78, 5) is 14.0. The smallest absolute Gasteiger partial charge is 0.323 e. The molecule has 4 nitrogen and oxygen atoms in total. The molecule has 0 amide bonds. The number of carboxylic acid groups (broad SMARTS) is 1. The van der Waals surface area contributed by atoms with E-state index in [1.165, 1.54) is 12.8 Å². The summed E-state index contributed by atoms with van der Waals surface area (Å²) in [7, 11) is 0. The monoisotopic (exact) mass is 268 g/mol. The molecule has 2 aliphatic rings. The molecular formula is C15H28N2O2. The van der Waals surface area contributed by atoms with Gasteiger partial charge in [0.1, 0.15) is 5.54 Å². The van der Waals surface area contributed by atoms with E-state index in [0.29, 0.717) is 18.5 Å². The van der Waals surface area contributed by atoms with Gasteiger partial charge in [-0.15, -0.1) is 0 Å². The Labute approximate surface area is 116 Å². The van der Waals surface area contributed by atoms with E-state index in [9.17, 15) is 9.90 Å². The molecule has 2 fully saturated rings. The molecule has 1 aliphatic carbocycles. The van der Waals surface area contributed by atoms with Crippen molar-refractivity contribution in [1.29, 1.82) is 0 Å². The number of rotatable bonds is 6. The predicted octanol–water partition coefficient (Wildman–Crippen LogP) is 2.09. The van der Waals surface area contributed by atoms with Gasteiger partial charge in [-0.05, 0) is 58.4 Å². The Bertz CT molecular complexity index is 330. The van der Waals surface area contributed by atoms with Gasteiger partial charge in [0, 0.05) is 18.6 Å². The first kappa shape index (κ1) is 14.8. The topological polar surface area (TPSA) is 52.6 Å². The Morgan fingerprint density at radius 2 is 2.16 bits per heavy atom. The van der Waals surface area contributed by atoms with E-state index in [0.717, 1.165) is 31.8 Å². The second-order valence-corrected chi connectivity index (χ2v) is 6.85. The fourth-order valence-electron chi connectivity index (χ4n) is 3.23. The average Bonchev–Trinajstić information content (AvgIpc) is 3.12. The molecule has 1 saturated heterocycles. The number of piperidine rings is 1. The standard InChI is InChI=1S/C15H28N2O2/c1-11-5-4-8-17(10-11)12(2)9-15(3,14(18)19)16-13-6-7-13/h11-13,16H,4-10H2,1-3H3,(H,18,19). The molecule has 3 atom stereocenters. The quantitative estimate of drug-likeness (QED) is 0.774. The van der Waals surface area contributed by atoms with Crippen molar-refractivity contribution < 1.29 is 9.90 Å². The van der Waals surface area contributed by atoms with Gasteiger partial charge in [-0.3, -0.25) is 10.1 Å². The van der Waals surface area contributed by atoms with Crippen LogP contribution in [0, 0.1) is 5.92 Å².